The predicted molar refractivity (Wildman–Crippen MR) is 86.9 cm³/mol. The molecule has 23 heavy (non-hydrogen) atoms. The molecule has 2 saturated carbocycles. The van der Waals surface area contributed by atoms with Gasteiger partial charge in [0.1, 0.15) is 5.60 Å². The van der Waals surface area contributed by atoms with Gasteiger partial charge < -0.3 is 14.8 Å². The Morgan fingerprint density at radius 3 is 2.52 bits per heavy atom. The van der Waals surface area contributed by atoms with E-state index in [0.29, 0.717) is 18.1 Å². The number of ether oxygens (including phenoxy) is 2. The number of amides is 1. The number of hydrogen-bond acceptors (Lipinski definition) is 4. The summed E-state index contributed by atoms with van der Waals surface area (Å²) in [4.78, 5) is 15.7. The Hall–Kier alpha value is -1.62. The van der Waals surface area contributed by atoms with Gasteiger partial charge in [-0.25, -0.2) is 4.79 Å². The second-order valence-corrected chi connectivity index (χ2v) is 7.95. The first kappa shape index (κ1) is 16.2. The highest BCUT2D eigenvalue weighted by Crippen LogP contribution is 2.56. The second kappa shape index (κ2) is 6.11. The summed E-state index contributed by atoms with van der Waals surface area (Å²) in [5.41, 5.74) is 1.12. The normalized spacial score (nSPS) is 29.5. The lowest BCUT2D eigenvalue weighted by Crippen LogP contribution is -2.58. The summed E-state index contributed by atoms with van der Waals surface area (Å²) >= 11 is 0. The van der Waals surface area contributed by atoms with Crippen molar-refractivity contribution in [3.63, 3.8) is 0 Å². The minimum atomic E-state index is -0.437. The van der Waals surface area contributed by atoms with Crippen LogP contribution in [0.5, 0.6) is 0 Å². The zero-order chi connectivity index (χ0) is 16.5. The fourth-order valence-electron chi connectivity index (χ4n) is 3.61. The van der Waals surface area contributed by atoms with Gasteiger partial charge in [-0.3, -0.25) is 4.98 Å². The van der Waals surface area contributed by atoms with Gasteiger partial charge in [0, 0.05) is 18.4 Å². The van der Waals surface area contributed by atoms with Crippen molar-refractivity contribution in [1.82, 2.24) is 10.3 Å². The molecule has 2 aliphatic carbocycles. The summed E-state index contributed by atoms with van der Waals surface area (Å²) in [6.07, 6.45) is 7.92. The summed E-state index contributed by atoms with van der Waals surface area (Å²) in [6.45, 7) is 6.30. The third-order valence-electron chi connectivity index (χ3n) is 4.64. The van der Waals surface area contributed by atoms with Crippen LogP contribution >= 0.6 is 0 Å². The molecule has 1 N–H and O–H groups in total. The highest BCUT2D eigenvalue weighted by atomic mass is 16.6. The maximum Gasteiger partial charge on any atom is 0.407 e. The van der Waals surface area contributed by atoms with Crippen LogP contribution < -0.4 is 5.32 Å². The van der Waals surface area contributed by atoms with E-state index in [2.05, 4.69) is 10.3 Å². The number of hydrogen-bond donors (Lipinski definition) is 1. The highest BCUT2D eigenvalue weighted by Gasteiger charge is 2.53. The lowest BCUT2D eigenvalue weighted by Gasteiger charge is -2.57. The minimum absolute atomic E-state index is 0.256. The van der Waals surface area contributed by atoms with Crippen LogP contribution in [0.3, 0.4) is 0 Å². The molecule has 0 aromatic carbocycles. The van der Waals surface area contributed by atoms with Crippen molar-refractivity contribution >= 4 is 6.09 Å². The maximum atomic E-state index is 11.7. The first-order chi connectivity index (χ1) is 10.8. The molecule has 0 bridgehead atoms. The van der Waals surface area contributed by atoms with Crippen LogP contribution in [0.15, 0.2) is 24.5 Å². The van der Waals surface area contributed by atoms with Crippen molar-refractivity contribution in [2.75, 3.05) is 0 Å². The van der Waals surface area contributed by atoms with E-state index < -0.39 is 5.60 Å². The van der Waals surface area contributed by atoms with Crippen molar-refractivity contribution in [3.8, 4) is 0 Å². The number of nitrogens with one attached hydrogen (secondary N) is 1. The van der Waals surface area contributed by atoms with E-state index in [1.54, 1.807) is 12.4 Å². The topological polar surface area (TPSA) is 60.5 Å². The van der Waals surface area contributed by atoms with Crippen molar-refractivity contribution in [3.05, 3.63) is 30.1 Å². The van der Waals surface area contributed by atoms with Gasteiger partial charge in [-0.15, -0.1) is 0 Å². The Balaban J connectivity index is 1.33. The SMILES string of the molecule is CC(C)(C)OC(=O)NC1CC2(C1)CC(OCc1ccncc1)C2. The largest absolute Gasteiger partial charge is 0.444 e. The van der Waals surface area contributed by atoms with Crippen LogP contribution in [0.1, 0.15) is 52.0 Å². The quantitative estimate of drug-likeness (QED) is 0.924. The molecule has 0 radical (unpaired) electrons. The predicted octanol–water partition coefficient (Wildman–Crippen LogP) is 3.43. The van der Waals surface area contributed by atoms with Crippen LogP contribution in [0.25, 0.3) is 0 Å². The summed E-state index contributed by atoms with van der Waals surface area (Å²) < 4.78 is 11.2. The minimum Gasteiger partial charge on any atom is -0.444 e. The zero-order valence-corrected chi connectivity index (χ0v) is 14.2. The molecule has 1 heterocycles. The van der Waals surface area contributed by atoms with Crippen LogP contribution in [-0.4, -0.2) is 28.8 Å². The molecule has 0 aliphatic heterocycles. The van der Waals surface area contributed by atoms with Crippen molar-refractivity contribution in [2.24, 2.45) is 5.41 Å². The molecular formula is C18H26N2O3. The molecule has 5 nitrogen and oxygen atoms in total. The smallest absolute Gasteiger partial charge is 0.407 e. The molecule has 0 atom stereocenters. The van der Waals surface area contributed by atoms with Crippen LogP contribution in [0.4, 0.5) is 4.79 Å². The first-order valence-electron chi connectivity index (χ1n) is 8.34. The summed E-state index contributed by atoms with van der Waals surface area (Å²) in [5.74, 6) is 0. The number of aromatic nitrogens is 1. The van der Waals surface area contributed by atoms with E-state index in [4.69, 9.17) is 9.47 Å². The molecule has 2 fully saturated rings. The second-order valence-electron chi connectivity index (χ2n) is 7.95. The number of rotatable bonds is 4. The van der Waals surface area contributed by atoms with Crippen LogP contribution in [0, 0.1) is 5.41 Å². The first-order valence-corrected chi connectivity index (χ1v) is 8.34. The molecule has 126 valence electrons. The molecule has 1 aromatic heterocycles. The van der Waals surface area contributed by atoms with Crippen molar-refractivity contribution in [2.45, 2.75) is 70.8 Å². The number of alkyl carbamates (subject to hydrolysis) is 1. The maximum absolute atomic E-state index is 11.7. The Morgan fingerprint density at radius 1 is 1.26 bits per heavy atom. The van der Waals surface area contributed by atoms with Gasteiger partial charge in [-0.05, 0) is 69.6 Å². The summed E-state index contributed by atoms with van der Waals surface area (Å²) in [5, 5.41) is 2.96. The Kier molecular flexibility index (Phi) is 4.32. The van der Waals surface area contributed by atoms with E-state index in [0.717, 1.165) is 25.7 Å². The number of carbonyl (C=O) groups excluding carboxylic acids is 1. The van der Waals surface area contributed by atoms with E-state index in [1.165, 1.54) is 5.56 Å². The fourth-order valence-corrected chi connectivity index (χ4v) is 3.61. The van der Waals surface area contributed by atoms with Gasteiger partial charge >= 0.3 is 6.09 Å². The highest BCUT2D eigenvalue weighted by molar-refractivity contribution is 5.68. The molecule has 0 unspecified atom stereocenters. The van der Waals surface area contributed by atoms with Gasteiger partial charge in [-0.1, -0.05) is 0 Å². The van der Waals surface area contributed by atoms with E-state index >= 15 is 0 Å². The van der Waals surface area contributed by atoms with Gasteiger partial charge in [0.25, 0.3) is 0 Å². The molecule has 1 amide bonds. The Labute approximate surface area is 137 Å². The third-order valence-corrected chi connectivity index (χ3v) is 4.64. The van der Waals surface area contributed by atoms with Crippen LogP contribution in [0.2, 0.25) is 0 Å². The average molecular weight is 318 g/mol. The zero-order valence-electron chi connectivity index (χ0n) is 14.2. The van der Waals surface area contributed by atoms with Gasteiger partial charge in [-0.2, -0.15) is 0 Å². The van der Waals surface area contributed by atoms with Gasteiger partial charge in [0.05, 0.1) is 12.7 Å². The number of nitrogens with zero attached hydrogens (tertiary/aromatic N) is 1. The molecule has 0 saturated heterocycles. The number of carbonyl (C=O) groups is 1. The Morgan fingerprint density at radius 2 is 1.91 bits per heavy atom. The lowest BCUT2D eigenvalue weighted by atomic mass is 9.53. The van der Waals surface area contributed by atoms with Gasteiger partial charge in [0.15, 0.2) is 0 Å². The van der Waals surface area contributed by atoms with Crippen molar-refractivity contribution < 1.29 is 14.3 Å². The summed E-state index contributed by atoms with van der Waals surface area (Å²) in [7, 11) is 0. The lowest BCUT2D eigenvalue weighted by molar-refractivity contribution is -0.133. The molecule has 5 heteroatoms. The molecule has 1 spiro atoms. The molecular weight excluding hydrogens is 292 g/mol. The fraction of sp³-hybridized carbons (Fsp3) is 0.667. The number of pyridine rings is 1. The van der Waals surface area contributed by atoms with Gasteiger partial charge in [0.2, 0.25) is 0 Å². The van der Waals surface area contributed by atoms with Crippen molar-refractivity contribution in [1.29, 1.82) is 0 Å². The monoisotopic (exact) mass is 318 g/mol. The standard InChI is InChI=1S/C18H26N2O3/c1-17(2,3)23-16(21)20-14-8-18(9-14)10-15(11-18)22-12-13-4-6-19-7-5-13/h4-7,14-15H,8-12H2,1-3H3,(H,20,21). The van der Waals surface area contributed by atoms with E-state index in [9.17, 15) is 4.79 Å². The Bertz CT molecular complexity index is 539. The molecule has 3 rings (SSSR count). The van der Waals surface area contributed by atoms with Crippen LogP contribution in [-0.2, 0) is 16.1 Å². The molecule has 2 aliphatic rings. The molecule has 1 aromatic rings. The van der Waals surface area contributed by atoms with E-state index in [-0.39, 0.29) is 12.1 Å². The summed E-state index contributed by atoms with van der Waals surface area (Å²) in [6, 6.07) is 4.22. The third kappa shape index (κ3) is 4.22. The van der Waals surface area contributed by atoms with E-state index in [1.807, 2.05) is 32.9 Å². The average Bonchev–Trinajstić information content (AvgIpc) is 2.37.